The van der Waals surface area contributed by atoms with Crippen LogP contribution in [0, 0.1) is 10.1 Å². The molecule has 2 N–H and O–H groups in total. The fraction of sp³-hybridized carbons (Fsp3) is 0.100. The maximum absolute atomic E-state index is 12.0. The molecule has 0 fully saturated rings. The Morgan fingerprint density at radius 2 is 2.26 bits per heavy atom. The number of carbonyl (C=O) groups excluding carboxylic acids is 1. The van der Waals surface area contributed by atoms with Crippen LogP contribution in [0.15, 0.2) is 24.5 Å². The molecule has 0 atom stereocenters. The number of ether oxygens (including phenoxy) is 1. The molecule has 0 unspecified atom stereocenters. The van der Waals surface area contributed by atoms with Crippen molar-refractivity contribution < 1.29 is 14.5 Å². The molecule has 0 spiro atoms. The van der Waals surface area contributed by atoms with Gasteiger partial charge in [0, 0.05) is 11.6 Å². The van der Waals surface area contributed by atoms with Crippen molar-refractivity contribution >= 4 is 17.5 Å². The minimum atomic E-state index is -0.634. The van der Waals surface area contributed by atoms with Gasteiger partial charge < -0.3 is 10.5 Å². The van der Waals surface area contributed by atoms with Gasteiger partial charge in [-0.05, 0) is 12.1 Å². The van der Waals surface area contributed by atoms with Gasteiger partial charge in [0.15, 0.2) is 5.75 Å². The first-order chi connectivity index (χ1) is 9.04. The van der Waals surface area contributed by atoms with E-state index in [9.17, 15) is 14.9 Å². The van der Waals surface area contributed by atoms with E-state index in [0.29, 0.717) is 0 Å². The molecule has 1 aromatic carbocycles. The molecule has 9 heteroatoms. The summed E-state index contributed by atoms with van der Waals surface area (Å²) in [6.07, 6.45) is 1.13. The molecule has 0 saturated carbocycles. The number of hydrogen-bond acceptors (Lipinski definition) is 7. The monoisotopic (exact) mass is 263 g/mol. The Labute approximate surface area is 106 Å². The van der Waals surface area contributed by atoms with Crippen molar-refractivity contribution in [1.29, 1.82) is 0 Å². The van der Waals surface area contributed by atoms with Crippen molar-refractivity contribution in [3.8, 4) is 5.75 Å². The van der Waals surface area contributed by atoms with Crippen molar-refractivity contribution in [2.45, 2.75) is 0 Å². The van der Waals surface area contributed by atoms with Crippen LogP contribution in [-0.4, -0.2) is 32.7 Å². The molecule has 0 amide bonds. The fourth-order valence-corrected chi connectivity index (χ4v) is 1.51. The summed E-state index contributed by atoms with van der Waals surface area (Å²) in [5.41, 5.74) is 5.22. The van der Waals surface area contributed by atoms with E-state index < -0.39 is 10.8 Å². The van der Waals surface area contributed by atoms with Crippen LogP contribution in [0.3, 0.4) is 0 Å². The molecule has 19 heavy (non-hydrogen) atoms. The summed E-state index contributed by atoms with van der Waals surface area (Å²) in [6, 6.07) is 3.85. The third-order valence-corrected chi connectivity index (χ3v) is 2.42. The van der Waals surface area contributed by atoms with Gasteiger partial charge in [-0.2, -0.15) is 0 Å². The minimum Gasteiger partial charge on any atom is -0.490 e. The molecule has 0 aliphatic rings. The molecule has 1 aromatic heterocycles. The zero-order valence-electron chi connectivity index (χ0n) is 9.81. The topological polar surface area (TPSA) is 126 Å². The van der Waals surface area contributed by atoms with E-state index >= 15 is 0 Å². The summed E-state index contributed by atoms with van der Waals surface area (Å²) in [7, 11) is 1.31. The minimum absolute atomic E-state index is 0.0679. The van der Waals surface area contributed by atoms with Crippen LogP contribution in [0.4, 0.5) is 11.6 Å². The van der Waals surface area contributed by atoms with Gasteiger partial charge in [-0.15, -0.1) is 10.2 Å². The Bertz CT molecular complexity index is 651. The van der Waals surface area contributed by atoms with E-state index in [4.69, 9.17) is 10.5 Å². The summed E-state index contributed by atoms with van der Waals surface area (Å²) >= 11 is 0. The van der Waals surface area contributed by atoms with Gasteiger partial charge in [0.25, 0.3) is 5.91 Å². The van der Waals surface area contributed by atoms with Gasteiger partial charge in [-0.25, -0.2) is 4.57 Å². The number of nitrogens with two attached hydrogens (primary N) is 1. The first kappa shape index (κ1) is 12.5. The number of aromatic nitrogens is 3. The third kappa shape index (κ3) is 2.20. The van der Waals surface area contributed by atoms with Crippen molar-refractivity contribution in [2.24, 2.45) is 0 Å². The molecule has 2 aromatic rings. The summed E-state index contributed by atoms with van der Waals surface area (Å²) in [5.74, 6) is -0.588. The predicted octanol–water partition coefficient (Wildman–Crippen LogP) is 0.466. The Morgan fingerprint density at radius 1 is 1.53 bits per heavy atom. The van der Waals surface area contributed by atoms with Gasteiger partial charge in [-0.1, -0.05) is 0 Å². The second-order valence-corrected chi connectivity index (χ2v) is 3.51. The molecule has 1 heterocycles. The largest absolute Gasteiger partial charge is 0.490 e. The molecule has 0 saturated heterocycles. The number of rotatable bonds is 3. The molecule has 0 aliphatic carbocycles. The average Bonchev–Trinajstić information content (AvgIpc) is 2.83. The lowest BCUT2D eigenvalue weighted by Crippen LogP contribution is -2.14. The Morgan fingerprint density at radius 3 is 2.79 bits per heavy atom. The van der Waals surface area contributed by atoms with E-state index in [-0.39, 0.29) is 22.9 Å². The van der Waals surface area contributed by atoms with E-state index in [1.54, 1.807) is 0 Å². The number of nitrogen functional groups attached to an aromatic ring is 1. The lowest BCUT2D eigenvalue weighted by Gasteiger charge is -2.05. The molecule has 2 rings (SSSR count). The Hall–Kier alpha value is -2.97. The number of hydrogen-bond donors (Lipinski definition) is 1. The Kier molecular flexibility index (Phi) is 3.10. The zero-order chi connectivity index (χ0) is 14.0. The van der Waals surface area contributed by atoms with Gasteiger partial charge in [0.05, 0.1) is 12.0 Å². The normalized spacial score (nSPS) is 10.2. The number of nitro benzene ring substituents is 1. The van der Waals surface area contributed by atoms with E-state index in [1.165, 1.54) is 19.2 Å². The lowest BCUT2D eigenvalue weighted by atomic mass is 10.1. The maximum atomic E-state index is 12.0. The van der Waals surface area contributed by atoms with Crippen LogP contribution in [0.1, 0.15) is 10.4 Å². The van der Waals surface area contributed by atoms with Crippen molar-refractivity contribution in [1.82, 2.24) is 14.8 Å². The Balaban J connectivity index is 2.47. The van der Waals surface area contributed by atoms with E-state index in [1.807, 2.05) is 0 Å². The molecule has 98 valence electrons. The molecule has 0 bridgehead atoms. The summed E-state index contributed by atoms with van der Waals surface area (Å²) in [6.45, 7) is 0. The maximum Gasteiger partial charge on any atom is 0.311 e. The first-order valence-electron chi connectivity index (χ1n) is 5.07. The number of nitrogens with zero attached hydrogens (tertiary/aromatic N) is 4. The lowest BCUT2D eigenvalue weighted by molar-refractivity contribution is -0.385. The molecular formula is C10H9N5O4. The number of nitro groups is 1. The van der Waals surface area contributed by atoms with Gasteiger partial charge in [-0.3, -0.25) is 14.9 Å². The SMILES string of the molecule is COc1ccc(C(=O)n2cnnc2N)cc1[N+](=O)[O-]. The summed E-state index contributed by atoms with van der Waals surface area (Å²) in [4.78, 5) is 22.3. The van der Waals surface area contributed by atoms with Gasteiger partial charge >= 0.3 is 5.69 Å². The van der Waals surface area contributed by atoms with E-state index in [0.717, 1.165) is 17.0 Å². The van der Waals surface area contributed by atoms with Gasteiger partial charge in [0.1, 0.15) is 6.33 Å². The zero-order valence-corrected chi connectivity index (χ0v) is 9.81. The molecule has 0 aliphatic heterocycles. The number of benzene rings is 1. The second-order valence-electron chi connectivity index (χ2n) is 3.51. The molecular weight excluding hydrogens is 254 g/mol. The second kappa shape index (κ2) is 4.72. The number of carbonyl (C=O) groups is 1. The molecule has 0 radical (unpaired) electrons. The highest BCUT2D eigenvalue weighted by Gasteiger charge is 2.20. The van der Waals surface area contributed by atoms with Crippen molar-refractivity contribution in [2.75, 3.05) is 12.8 Å². The fourth-order valence-electron chi connectivity index (χ4n) is 1.51. The standard InChI is InChI=1S/C10H9N5O4/c1-19-8-3-2-6(4-7(8)15(17)18)9(16)14-5-12-13-10(14)11/h2-5H,1H3,(H2,11,13). The number of anilines is 1. The number of methoxy groups -OCH3 is 1. The molecule has 9 nitrogen and oxygen atoms in total. The van der Waals surface area contributed by atoms with Crippen LogP contribution in [0.25, 0.3) is 0 Å². The van der Waals surface area contributed by atoms with Crippen LogP contribution in [0.2, 0.25) is 0 Å². The van der Waals surface area contributed by atoms with E-state index in [2.05, 4.69) is 10.2 Å². The van der Waals surface area contributed by atoms with Crippen LogP contribution in [0.5, 0.6) is 5.75 Å². The smallest absolute Gasteiger partial charge is 0.311 e. The van der Waals surface area contributed by atoms with Crippen molar-refractivity contribution in [3.05, 3.63) is 40.2 Å². The van der Waals surface area contributed by atoms with Crippen LogP contribution >= 0.6 is 0 Å². The first-order valence-corrected chi connectivity index (χ1v) is 5.07. The highest BCUT2D eigenvalue weighted by atomic mass is 16.6. The summed E-state index contributed by atoms with van der Waals surface area (Å²) < 4.78 is 5.84. The quantitative estimate of drug-likeness (QED) is 0.629. The van der Waals surface area contributed by atoms with Crippen LogP contribution < -0.4 is 10.5 Å². The van der Waals surface area contributed by atoms with Crippen LogP contribution in [-0.2, 0) is 0 Å². The average molecular weight is 263 g/mol. The highest BCUT2D eigenvalue weighted by molar-refractivity contribution is 5.98. The van der Waals surface area contributed by atoms with Gasteiger partial charge in [0.2, 0.25) is 5.95 Å². The summed E-state index contributed by atoms with van der Waals surface area (Å²) in [5, 5.41) is 17.8. The highest BCUT2D eigenvalue weighted by Crippen LogP contribution is 2.27. The predicted molar refractivity (Wildman–Crippen MR) is 63.8 cm³/mol. The van der Waals surface area contributed by atoms with Crippen molar-refractivity contribution in [3.63, 3.8) is 0 Å². The third-order valence-electron chi connectivity index (χ3n) is 2.42.